The maximum Gasteiger partial charge on any atom is 0.278 e. The summed E-state index contributed by atoms with van der Waals surface area (Å²) in [6.07, 6.45) is 0. The van der Waals surface area contributed by atoms with Crippen molar-refractivity contribution < 1.29 is 4.79 Å². The van der Waals surface area contributed by atoms with Crippen LogP contribution in [0, 0.1) is 0 Å². The second-order valence-electron chi connectivity index (χ2n) is 5.32. The van der Waals surface area contributed by atoms with Gasteiger partial charge in [-0.2, -0.15) is 0 Å². The van der Waals surface area contributed by atoms with Crippen LogP contribution in [0.1, 0.15) is 17.4 Å². The highest BCUT2D eigenvalue weighted by Gasteiger charge is 2.17. The molecular weight excluding hydrogens is 380 g/mol. The summed E-state index contributed by atoms with van der Waals surface area (Å²) < 4.78 is 1.01. The average Bonchev–Trinajstić information content (AvgIpc) is 2.66. The standard InChI is InChI=1S/C19H17BrN4O/c1-2-24(16-6-4-3-5-7-16)19(25)17-12-13-18(23-22-17)21-15-10-8-14(20)9-11-15/h3-13H,2H2,1H3,(H,21,23). The van der Waals surface area contributed by atoms with E-state index < -0.39 is 0 Å². The van der Waals surface area contributed by atoms with E-state index in [0.29, 0.717) is 18.1 Å². The Morgan fingerprint density at radius 2 is 1.72 bits per heavy atom. The molecule has 1 aromatic heterocycles. The van der Waals surface area contributed by atoms with Gasteiger partial charge in [0.05, 0.1) is 0 Å². The van der Waals surface area contributed by atoms with E-state index in [0.717, 1.165) is 15.8 Å². The van der Waals surface area contributed by atoms with Gasteiger partial charge in [0.25, 0.3) is 5.91 Å². The van der Waals surface area contributed by atoms with Gasteiger partial charge >= 0.3 is 0 Å². The SMILES string of the molecule is CCN(C(=O)c1ccc(Nc2ccc(Br)cc2)nn1)c1ccccc1. The van der Waals surface area contributed by atoms with Crippen LogP contribution in [-0.4, -0.2) is 22.6 Å². The minimum atomic E-state index is -0.170. The van der Waals surface area contributed by atoms with Gasteiger partial charge < -0.3 is 10.2 Å². The van der Waals surface area contributed by atoms with E-state index in [9.17, 15) is 4.79 Å². The van der Waals surface area contributed by atoms with E-state index in [1.807, 2.05) is 61.5 Å². The van der Waals surface area contributed by atoms with Gasteiger partial charge in [-0.1, -0.05) is 34.1 Å². The zero-order valence-electron chi connectivity index (χ0n) is 13.7. The van der Waals surface area contributed by atoms with Crippen LogP contribution in [-0.2, 0) is 0 Å². The van der Waals surface area contributed by atoms with Crippen molar-refractivity contribution in [3.8, 4) is 0 Å². The van der Waals surface area contributed by atoms with Gasteiger partial charge in [-0.3, -0.25) is 4.79 Å². The molecule has 0 aliphatic carbocycles. The third kappa shape index (κ3) is 4.22. The molecule has 0 saturated heterocycles. The minimum absolute atomic E-state index is 0.170. The van der Waals surface area contributed by atoms with E-state index >= 15 is 0 Å². The molecule has 3 aromatic rings. The van der Waals surface area contributed by atoms with Crippen LogP contribution in [0.3, 0.4) is 0 Å². The van der Waals surface area contributed by atoms with Crippen LogP contribution in [0.5, 0.6) is 0 Å². The number of hydrogen-bond acceptors (Lipinski definition) is 4. The molecule has 0 unspecified atom stereocenters. The highest BCUT2D eigenvalue weighted by Crippen LogP contribution is 2.19. The molecule has 0 saturated carbocycles. The first kappa shape index (κ1) is 17.1. The van der Waals surface area contributed by atoms with E-state index in [4.69, 9.17) is 0 Å². The lowest BCUT2D eigenvalue weighted by atomic mass is 10.2. The maximum absolute atomic E-state index is 12.7. The normalized spacial score (nSPS) is 10.3. The summed E-state index contributed by atoms with van der Waals surface area (Å²) in [5.41, 5.74) is 2.05. The smallest absolute Gasteiger partial charge is 0.278 e. The molecule has 25 heavy (non-hydrogen) atoms. The van der Waals surface area contributed by atoms with Crippen molar-refractivity contribution in [2.24, 2.45) is 0 Å². The van der Waals surface area contributed by atoms with Crippen LogP contribution in [0.15, 0.2) is 71.2 Å². The average molecular weight is 397 g/mol. The molecule has 5 nitrogen and oxygen atoms in total. The Hall–Kier alpha value is -2.73. The van der Waals surface area contributed by atoms with Gasteiger partial charge in [-0.25, -0.2) is 0 Å². The van der Waals surface area contributed by atoms with Crippen LogP contribution in [0.25, 0.3) is 0 Å². The fraction of sp³-hybridized carbons (Fsp3) is 0.105. The highest BCUT2D eigenvalue weighted by atomic mass is 79.9. The molecule has 0 atom stereocenters. The first-order valence-corrected chi connectivity index (χ1v) is 8.70. The van der Waals surface area contributed by atoms with Crippen molar-refractivity contribution in [1.82, 2.24) is 10.2 Å². The molecule has 6 heteroatoms. The summed E-state index contributed by atoms with van der Waals surface area (Å²) in [7, 11) is 0. The van der Waals surface area contributed by atoms with E-state index in [1.165, 1.54) is 0 Å². The Labute approximate surface area is 154 Å². The molecule has 0 aliphatic heterocycles. The molecule has 2 aromatic carbocycles. The number of halogens is 1. The molecule has 126 valence electrons. The Morgan fingerprint density at radius 3 is 2.32 bits per heavy atom. The summed E-state index contributed by atoms with van der Waals surface area (Å²) >= 11 is 3.40. The van der Waals surface area contributed by atoms with Crippen molar-refractivity contribution in [2.75, 3.05) is 16.8 Å². The molecular formula is C19H17BrN4O. The Kier molecular flexibility index (Phi) is 5.40. The van der Waals surface area contributed by atoms with Crippen LogP contribution >= 0.6 is 15.9 Å². The number of benzene rings is 2. The van der Waals surface area contributed by atoms with Crippen molar-refractivity contribution in [3.63, 3.8) is 0 Å². The molecule has 1 heterocycles. The van der Waals surface area contributed by atoms with Crippen LogP contribution in [0.2, 0.25) is 0 Å². The molecule has 0 bridgehead atoms. The molecule has 0 spiro atoms. The molecule has 1 amide bonds. The predicted octanol–water partition coefficient (Wildman–Crippen LogP) is 4.65. The molecule has 0 fully saturated rings. The molecule has 3 rings (SSSR count). The zero-order valence-corrected chi connectivity index (χ0v) is 15.3. The third-order valence-corrected chi connectivity index (χ3v) is 4.16. The first-order chi connectivity index (χ1) is 12.2. The van der Waals surface area contributed by atoms with Crippen molar-refractivity contribution in [1.29, 1.82) is 0 Å². The van der Waals surface area contributed by atoms with Crippen molar-refractivity contribution >= 4 is 39.0 Å². The maximum atomic E-state index is 12.7. The Balaban J connectivity index is 1.74. The van der Waals surface area contributed by atoms with Crippen molar-refractivity contribution in [3.05, 3.63) is 76.9 Å². The number of aromatic nitrogens is 2. The number of rotatable bonds is 5. The monoisotopic (exact) mass is 396 g/mol. The lowest BCUT2D eigenvalue weighted by Gasteiger charge is -2.20. The van der Waals surface area contributed by atoms with Gasteiger partial charge in [0, 0.05) is 22.4 Å². The number of carbonyl (C=O) groups excluding carboxylic acids is 1. The number of amides is 1. The number of nitrogens with zero attached hydrogens (tertiary/aromatic N) is 3. The summed E-state index contributed by atoms with van der Waals surface area (Å²) in [6, 6.07) is 20.7. The largest absolute Gasteiger partial charge is 0.339 e. The van der Waals surface area contributed by atoms with E-state index in [2.05, 4.69) is 31.4 Å². The number of para-hydroxylation sites is 1. The predicted molar refractivity (Wildman–Crippen MR) is 103 cm³/mol. The fourth-order valence-corrected chi connectivity index (χ4v) is 2.65. The lowest BCUT2D eigenvalue weighted by Crippen LogP contribution is -2.31. The number of carbonyl (C=O) groups is 1. The summed E-state index contributed by atoms with van der Waals surface area (Å²) in [5.74, 6) is 0.415. The fourth-order valence-electron chi connectivity index (χ4n) is 2.38. The Morgan fingerprint density at radius 1 is 1.00 bits per heavy atom. The van der Waals surface area contributed by atoms with Crippen LogP contribution in [0.4, 0.5) is 17.2 Å². The summed E-state index contributed by atoms with van der Waals surface area (Å²) in [6.45, 7) is 2.49. The van der Waals surface area contributed by atoms with Crippen molar-refractivity contribution in [2.45, 2.75) is 6.92 Å². The first-order valence-electron chi connectivity index (χ1n) is 7.90. The molecule has 1 N–H and O–H groups in total. The van der Waals surface area contributed by atoms with E-state index in [-0.39, 0.29) is 5.91 Å². The van der Waals surface area contributed by atoms with Gasteiger partial charge in [0.2, 0.25) is 0 Å². The quantitative estimate of drug-likeness (QED) is 0.681. The highest BCUT2D eigenvalue weighted by molar-refractivity contribution is 9.10. The lowest BCUT2D eigenvalue weighted by molar-refractivity contribution is 0.0982. The second kappa shape index (κ2) is 7.90. The second-order valence-corrected chi connectivity index (χ2v) is 6.24. The zero-order chi connectivity index (χ0) is 17.6. The van der Waals surface area contributed by atoms with E-state index in [1.54, 1.807) is 17.0 Å². The Bertz CT molecular complexity index is 836. The number of nitrogens with one attached hydrogen (secondary N) is 1. The molecule has 0 aliphatic rings. The third-order valence-electron chi connectivity index (χ3n) is 3.63. The number of hydrogen-bond donors (Lipinski definition) is 1. The number of anilines is 3. The topological polar surface area (TPSA) is 58.1 Å². The van der Waals surface area contributed by atoms with Gasteiger partial charge in [-0.05, 0) is 55.5 Å². The minimum Gasteiger partial charge on any atom is -0.339 e. The van der Waals surface area contributed by atoms with Gasteiger partial charge in [-0.15, -0.1) is 10.2 Å². The van der Waals surface area contributed by atoms with Gasteiger partial charge in [0.15, 0.2) is 11.5 Å². The summed E-state index contributed by atoms with van der Waals surface area (Å²) in [4.78, 5) is 14.4. The van der Waals surface area contributed by atoms with Crippen LogP contribution < -0.4 is 10.2 Å². The summed E-state index contributed by atoms with van der Waals surface area (Å²) in [5, 5.41) is 11.3. The molecule has 0 radical (unpaired) electrons. The van der Waals surface area contributed by atoms with Gasteiger partial charge in [0.1, 0.15) is 0 Å².